The number of fused-ring (bicyclic) bond motifs is 1. The summed E-state index contributed by atoms with van der Waals surface area (Å²) in [4.78, 5) is 13.1. The van der Waals surface area contributed by atoms with Gasteiger partial charge in [0.2, 0.25) is 0 Å². The fourth-order valence-corrected chi connectivity index (χ4v) is 2.02. The minimum atomic E-state index is -0.276. The van der Waals surface area contributed by atoms with Crippen molar-refractivity contribution in [1.82, 2.24) is 0 Å². The van der Waals surface area contributed by atoms with Gasteiger partial charge in [0.1, 0.15) is 6.54 Å². The Hall–Kier alpha value is -1.23. The molecule has 0 aromatic heterocycles. The fourth-order valence-electron chi connectivity index (χ4n) is 1.54. The van der Waals surface area contributed by atoms with Crippen LogP contribution in [0.5, 0.6) is 11.5 Å². The van der Waals surface area contributed by atoms with Crippen LogP contribution in [-0.2, 0) is 4.79 Å². The molecule has 0 amide bonds. The molecular weight excluding hydrogens is 262 g/mol. The van der Waals surface area contributed by atoms with E-state index in [1.54, 1.807) is 7.11 Å². The summed E-state index contributed by atoms with van der Waals surface area (Å²) in [6.45, 7) is 0.262. The highest BCUT2D eigenvalue weighted by Gasteiger charge is 2.25. The maximum Gasteiger partial charge on any atom is 0.331 e. The second-order valence-electron chi connectivity index (χ2n) is 3.26. The zero-order valence-electron chi connectivity index (χ0n) is 8.41. The topological polar surface area (TPSA) is 38.8 Å². The molecule has 1 aliphatic rings. The van der Waals surface area contributed by atoms with Crippen LogP contribution in [0, 0.1) is 0 Å². The van der Waals surface area contributed by atoms with E-state index in [4.69, 9.17) is 9.47 Å². The van der Waals surface area contributed by atoms with E-state index < -0.39 is 0 Å². The summed E-state index contributed by atoms with van der Waals surface area (Å²) in [6.07, 6.45) is 0. The Bertz CT molecular complexity index is 419. The van der Waals surface area contributed by atoms with E-state index in [-0.39, 0.29) is 12.5 Å². The molecule has 0 radical (unpaired) electrons. The maximum absolute atomic E-state index is 11.3. The Labute approximate surface area is 95.9 Å². The number of methoxy groups -OCH3 is 1. The number of hydrogen-bond acceptors (Lipinski definition) is 4. The molecule has 0 spiro atoms. The van der Waals surface area contributed by atoms with Crippen molar-refractivity contribution < 1.29 is 14.3 Å². The van der Waals surface area contributed by atoms with Crippen molar-refractivity contribution in [3.05, 3.63) is 16.6 Å². The molecule has 0 unspecified atom stereocenters. The first-order chi connectivity index (χ1) is 7.13. The zero-order valence-corrected chi connectivity index (χ0v) is 10.00. The molecule has 4 nitrogen and oxygen atoms in total. The van der Waals surface area contributed by atoms with Crippen LogP contribution < -0.4 is 14.4 Å². The van der Waals surface area contributed by atoms with Crippen molar-refractivity contribution in [3.63, 3.8) is 0 Å². The highest BCUT2D eigenvalue weighted by atomic mass is 79.9. The van der Waals surface area contributed by atoms with Crippen LogP contribution in [0.25, 0.3) is 0 Å². The molecule has 1 heterocycles. The van der Waals surface area contributed by atoms with Crippen molar-refractivity contribution in [3.8, 4) is 11.5 Å². The molecule has 0 N–H and O–H groups in total. The summed E-state index contributed by atoms with van der Waals surface area (Å²) in [6, 6.07) is 3.75. The van der Waals surface area contributed by atoms with Gasteiger partial charge >= 0.3 is 5.97 Å². The average molecular weight is 272 g/mol. The Morgan fingerprint density at radius 3 is 2.93 bits per heavy atom. The number of carbonyl (C=O) groups is 1. The third-order valence-corrected chi connectivity index (χ3v) is 2.87. The first kappa shape index (κ1) is 10.3. The van der Waals surface area contributed by atoms with Crippen LogP contribution in [0.4, 0.5) is 5.69 Å². The Balaban J connectivity index is 2.59. The van der Waals surface area contributed by atoms with Crippen molar-refractivity contribution in [1.29, 1.82) is 0 Å². The van der Waals surface area contributed by atoms with E-state index in [0.717, 1.165) is 10.2 Å². The van der Waals surface area contributed by atoms with Gasteiger partial charge in [-0.05, 0) is 28.1 Å². The van der Waals surface area contributed by atoms with Crippen molar-refractivity contribution >= 4 is 27.6 Å². The van der Waals surface area contributed by atoms with E-state index in [1.165, 1.54) is 0 Å². The lowest BCUT2D eigenvalue weighted by molar-refractivity contribution is -0.133. The number of rotatable bonds is 1. The van der Waals surface area contributed by atoms with Gasteiger partial charge in [-0.1, -0.05) is 0 Å². The second-order valence-corrected chi connectivity index (χ2v) is 4.11. The molecule has 0 bridgehead atoms. The Morgan fingerprint density at radius 1 is 1.53 bits per heavy atom. The fraction of sp³-hybridized carbons (Fsp3) is 0.300. The number of carbonyl (C=O) groups excluding carboxylic acids is 1. The van der Waals surface area contributed by atoms with E-state index in [0.29, 0.717) is 11.5 Å². The molecule has 5 heteroatoms. The number of benzene rings is 1. The number of hydrogen-bond donors (Lipinski definition) is 0. The lowest BCUT2D eigenvalue weighted by Crippen LogP contribution is -2.33. The second kappa shape index (κ2) is 3.73. The molecule has 15 heavy (non-hydrogen) atoms. The zero-order chi connectivity index (χ0) is 11.0. The van der Waals surface area contributed by atoms with E-state index >= 15 is 0 Å². The summed E-state index contributed by atoms with van der Waals surface area (Å²) >= 11 is 3.34. The first-order valence-corrected chi connectivity index (χ1v) is 5.21. The number of ether oxygens (including phenoxy) is 2. The predicted molar refractivity (Wildman–Crippen MR) is 59.6 cm³/mol. The molecule has 0 saturated heterocycles. The van der Waals surface area contributed by atoms with Crippen LogP contribution in [0.15, 0.2) is 16.6 Å². The van der Waals surface area contributed by atoms with Crippen molar-refractivity contribution in [2.24, 2.45) is 0 Å². The SMILES string of the molecule is COc1c(Br)ccc2c1OC(=O)CN2C. The third kappa shape index (κ3) is 1.67. The average Bonchev–Trinajstić information content (AvgIpc) is 2.17. The Kier molecular flexibility index (Phi) is 2.56. The van der Waals surface area contributed by atoms with Gasteiger partial charge in [-0.25, -0.2) is 4.79 Å². The highest BCUT2D eigenvalue weighted by molar-refractivity contribution is 9.10. The molecular formula is C10H10BrNO3. The minimum absolute atomic E-state index is 0.262. The number of anilines is 1. The van der Waals surface area contributed by atoms with E-state index in [2.05, 4.69) is 15.9 Å². The third-order valence-electron chi connectivity index (χ3n) is 2.24. The van der Waals surface area contributed by atoms with Gasteiger partial charge in [0, 0.05) is 7.05 Å². The number of esters is 1. The van der Waals surface area contributed by atoms with Gasteiger partial charge < -0.3 is 14.4 Å². The maximum atomic E-state index is 11.3. The summed E-state index contributed by atoms with van der Waals surface area (Å²) in [5, 5.41) is 0. The molecule has 1 aliphatic heterocycles. The molecule has 0 aliphatic carbocycles. The highest BCUT2D eigenvalue weighted by Crippen LogP contribution is 2.44. The molecule has 1 aromatic carbocycles. The van der Waals surface area contributed by atoms with Gasteiger partial charge in [0.15, 0.2) is 11.5 Å². The van der Waals surface area contributed by atoms with Gasteiger partial charge in [-0.15, -0.1) is 0 Å². The van der Waals surface area contributed by atoms with Crippen molar-refractivity contribution in [2.75, 3.05) is 25.6 Å². The monoisotopic (exact) mass is 271 g/mol. The Morgan fingerprint density at radius 2 is 2.27 bits per heavy atom. The van der Waals surface area contributed by atoms with Crippen molar-refractivity contribution in [2.45, 2.75) is 0 Å². The predicted octanol–water partition coefficient (Wildman–Crippen LogP) is 1.81. The summed E-state index contributed by atoms with van der Waals surface area (Å²) in [5.41, 5.74) is 0.856. The summed E-state index contributed by atoms with van der Waals surface area (Å²) in [5.74, 6) is 0.749. The number of likely N-dealkylation sites (N-methyl/N-ethyl adjacent to an activating group) is 1. The van der Waals surface area contributed by atoms with E-state index in [1.807, 2.05) is 24.1 Å². The van der Waals surface area contributed by atoms with Crippen LogP contribution in [0.3, 0.4) is 0 Å². The molecule has 1 aromatic rings. The number of halogens is 1. The van der Waals surface area contributed by atoms with Gasteiger partial charge in [0.05, 0.1) is 17.3 Å². The molecule has 0 fully saturated rings. The molecule has 80 valence electrons. The number of nitrogens with zero attached hydrogens (tertiary/aromatic N) is 1. The standard InChI is InChI=1S/C10H10BrNO3/c1-12-5-8(13)15-10-7(12)4-3-6(11)9(10)14-2/h3-4H,5H2,1-2H3. The molecule has 0 saturated carbocycles. The van der Waals surface area contributed by atoms with Crippen LogP contribution in [-0.4, -0.2) is 26.7 Å². The minimum Gasteiger partial charge on any atom is -0.492 e. The van der Waals surface area contributed by atoms with E-state index in [9.17, 15) is 4.79 Å². The van der Waals surface area contributed by atoms with Gasteiger partial charge in [0.25, 0.3) is 0 Å². The first-order valence-electron chi connectivity index (χ1n) is 4.42. The lowest BCUT2D eigenvalue weighted by atomic mass is 10.2. The molecule has 2 rings (SSSR count). The normalized spacial score (nSPS) is 14.6. The van der Waals surface area contributed by atoms with Gasteiger partial charge in [-0.2, -0.15) is 0 Å². The smallest absolute Gasteiger partial charge is 0.331 e. The van der Waals surface area contributed by atoms with Gasteiger partial charge in [-0.3, -0.25) is 0 Å². The van der Waals surface area contributed by atoms with Crippen LogP contribution in [0.1, 0.15) is 0 Å². The largest absolute Gasteiger partial charge is 0.492 e. The lowest BCUT2D eigenvalue weighted by Gasteiger charge is -2.27. The molecule has 0 atom stereocenters. The van der Waals surface area contributed by atoms with Crippen LogP contribution in [0.2, 0.25) is 0 Å². The summed E-state index contributed by atoms with van der Waals surface area (Å²) < 4.78 is 11.1. The summed E-state index contributed by atoms with van der Waals surface area (Å²) in [7, 11) is 3.38. The van der Waals surface area contributed by atoms with Crippen LogP contribution >= 0.6 is 15.9 Å². The quantitative estimate of drug-likeness (QED) is 0.577.